The molecule has 2 aliphatic heterocycles. The predicted octanol–water partition coefficient (Wildman–Crippen LogP) is 17.9. The molecule has 12 heteroatoms. The fraction of sp³-hybridized carbons (Fsp3) is 0. The third-order valence-corrected chi connectivity index (χ3v) is 32.1. The van der Waals surface area contributed by atoms with Gasteiger partial charge in [-0.25, -0.2) is 9.97 Å². The summed E-state index contributed by atoms with van der Waals surface area (Å²) in [5.41, 5.74) is 12.3. The summed E-state index contributed by atoms with van der Waals surface area (Å²) < 4.78 is 63.7. The van der Waals surface area contributed by atoms with Crippen LogP contribution in [0.5, 0.6) is 0 Å². The van der Waals surface area contributed by atoms with Gasteiger partial charge in [-0.3, -0.25) is 0 Å². The second-order valence-electron chi connectivity index (χ2n) is 25.8. The number of hydrogen-bond donors (Lipinski definition) is 2. The zero-order chi connectivity index (χ0) is 70.2. The number of H-pyrrole nitrogens is 2. The van der Waals surface area contributed by atoms with Crippen molar-refractivity contribution in [3.05, 3.63) is 387 Å². The molecule has 17 rings (SSSR count). The van der Waals surface area contributed by atoms with Gasteiger partial charge in [0.15, 0.2) is 28.6 Å². The third kappa shape index (κ3) is 11.6. The minimum Gasteiger partial charge on any atom is -0.354 e. The number of rotatable bonds is 16. The zero-order valence-corrected chi connectivity index (χ0v) is 59.8. The quantitative estimate of drug-likeness (QED) is 0.0928. The van der Waals surface area contributed by atoms with Gasteiger partial charge in [0, 0.05) is 108 Å². The fourth-order valence-electron chi connectivity index (χ4n) is 14.7. The molecule has 104 heavy (non-hydrogen) atoms. The largest absolute Gasteiger partial charge is 0.354 e. The van der Waals surface area contributed by atoms with Crippen molar-refractivity contribution in [2.24, 2.45) is 0 Å². The Balaban J connectivity index is 0.923. The van der Waals surface area contributed by atoms with E-state index in [0.29, 0.717) is 44.0 Å². The summed E-state index contributed by atoms with van der Waals surface area (Å²) in [6.07, 6.45) is 8.23. The second-order valence-corrected chi connectivity index (χ2v) is 36.9. The number of aromatic amines is 2. The van der Waals surface area contributed by atoms with Gasteiger partial charge in [-0.05, 0) is 70.8 Å². The Kier molecular flexibility index (Phi) is 17.3. The van der Waals surface area contributed by atoms with Crippen LogP contribution in [0.25, 0.3) is 90.9 Å². The van der Waals surface area contributed by atoms with E-state index >= 15 is 18.3 Å². The molecular weight excluding hydrogens is 1350 g/mol. The average molecular weight is 1420 g/mol. The summed E-state index contributed by atoms with van der Waals surface area (Å²) in [6.45, 7) is 0. The van der Waals surface area contributed by atoms with Crippen LogP contribution in [0.2, 0.25) is 0 Å². The van der Waals surface area contributed by atoms with Gasteiger partial charge in [-0.1, -0.05) is 340 Å². The van der Waals surface area contributed by atoms with Gasteiger partial charge in [0.05, 0.1) is 22.8 Å². The lowest BCUT2D eigenvalue weighted by Gasteiger charge is -2.20. The molecule has 0 saturated carbocycles. The molecule has 2 N–H and O–H groups in total. The van der Waals surface area contributed by atoms with Gasteiger partial charge in [0.2, 0.25) is 0 Å². The van der Waals surface area contributed by atoms with Gasteiger partial charge in [0.25, 0.3) is 0 Å². The van der Waals surface area contributed by atoms with E-state index in [9.17, 15) is 0 Å². The van der Waals surface area contributed by atoms with Gasteiger partial charge in [-0.15, -0.1) is 0 Å². The van der Waals surface area contributed by atoms with Crippen molar-refractivity contribution >= 4 is 139 Å². The molecule has 0 saturated heterocycles. The van der Waals surface area contributed by atoms with Gasteiger partial charge in [-0.2, -0.15) is 0 Å². The summed E-state index contributed by atoms with van der Waals surface area (Å²) in [4.78, 5) is 19.2. The molecule has 0 spiro atoms. The molecule has 8 nitrogen and oxygen atoms in total. The van der Waals surface area contributed by atoms with E-state index in [1.165, 1.54) is 0 Å². The van der Waals surface area contributed by atoms with Gasteiger partial charge >= 0.3 is 0 Å². The van der Waals surface area contributed by atoms with Crippen LogP contribution in [-0.4, -0.2) is 19.9 Å². The van der Waals surface area contributed by atoms with Crippen LogP contribution in [0.3, 0.4) is 0 Å². The highest BCUT2D eigenvalue weighted by molar-refractivity contribution is 7.86. The third-order valence-electron chi connectivity index (χ3n) is 19.8. The highest BCUT2D eigenvalue weighted by Crippen LogP contribution is 2.48. The van der Waals surface area contributed by atoms with Crippen molar-refractivity contribution < 1.29 is 18.3 Å². The van der Waals surface area contributed by atoms with Crippen LogP contribution in [0.1, 0.15) is 22.8 Å². The summed E-state index contributed by atoms with van der Waals surface area (Å²) in [6, 6.07) is 118. The minimum atomic E-state index is -3.37. The fourth-order valence-corrected chi connectivity index (χ4v) is 25.3. The lowest BCUT2D eigenvalue weighted by molar-refractivity contribution is 0.591. The van der Waals surface area contributed by atoms with E-state index in [-0.39, 0.29) is 0 Å². The maximum absolute atomic E-state index is 15.9. The lowest BCUT2D eigenvalue weighted by atomic mass is 10.0. The summed E-state index contributed by atoms with van der Waals surface area (Å²) in [7, 11) is -13.5. The summed E-state index contributed by atoms with van der Waals surface area (Å²) in [5, 5.41) is 8.64. The smallest absolute Gasteiger partial charge is 0.171 e. The SMILES string of the molecule is O=P(c1ccccc1)(c1ccccc1)c1ccc(-c2c3nc(c(-c4ccc(P(=O)(c5ccccc5)c5ccccc5)cc4)c4ccc([nH]4)c(-c4ccc(P(=O)(c5ccccc5)c5ccccc5)cc4)c4nc(c(-c5ccc(P(=O)(c6ccccc6)c6ccccc6)cc5)c5ccc2[nH]5)C=C4)C=C3)cc1. The minimum absolute atomic E-state index is 0.675. The van der Waals surface area contributed by atoms with Crippen LogP contribution < -0.4 is 63.7 Å². The lowest BCUT2D eigenvalue weighted by Crippen LogP contribution is -2.24. The Morgan fingerprint density at radius 1 is 0.173 bits per heavy atom. The molecule has 0 atom stereocenters. The topological polar surface area (TPSA) is 126 Å². The molecular formula is C92H66N4O4P4. The van der Waals surface area contributed by atoms with Crippen molar-refractivity contribution in [1.29, 1.82) is 0 Å². The van der Waals surface area contributed by atoms with Gasteiger partial charge in [0.1, 0.15) is 0 Å². The Bertz CT molecular complexity index is 5230. The summed E-state index contributed by atoms with van der Waals surface area (Å²) in [5.74, 6) is 0. The normalized spacial score (nSPS) is 12.3. The number of hydrogen-bond acceptors (Lipinski definition) is 6. The van der Waals surface area contributed by atoms with E-state index in [1.807, 2.05) is 340 Å². The van der Waals surface area contributed by atoms with Crippen molar-refractivity contribution in [2.75, 3.05) is 0 Å². The van der Waals surface area contributed by atoms with E-state index < -0.39 is 28.6 Å². The molecule has 0 radical (unpaired) electrons. The standard InChI is InChI=1S/C92H66N4O4P4/c97-101(69-25-9-1-10-26-69,70-27-11-2-12-28-70)77-49-41-65(42-50-77)89-81-57-59-83(93-81)90(66-43-51-78(52-44-66)102(98,71-29-13-3-14-30-71)72-31-15-4-16-32-72)85-61-63-87(95-85)92(68-47-55-80(56-48-68)104(100,75-37-21-7-22-38-75)76-39-23-8-24-40-76)88-64-62-86(96-88)91(84-60-58-82(89)94-84)67-45-53-79(54-46-67)103(99,73-33-17-5-18-34-73)74-35-19-6-20-36-74/h1-64,93,96H. The van der Waals surface area contributed by atoms with Crippen molar-refractivity contribution in [2.45, 2.75) is 0 Å². The van der Waals surface area contributed by atoms with Crippen molar-refractivity contribution in [1.82, 2.24) is 19.9 Å². The highest BCUT2D eigenvalue weighted by Gasteiger charge is 2.34. The molecule has 498 valence electrons. The van der Waals surface area contributed by atoms with E-state index in [2.05, 4.69) is 58.5 Å². The van der Waals surface area contributed by atoms with Crippen LogP contribution in [-0.2, 0) is 18.3 Å². The first kappa shape index (κ1) is 65.5. The molecule has 3 aromatic heterocycles. The number of benzene rings is 12. The van der Waals surface area contributed by atoms with Crippen LogP contribution in [0.4, 0.5) is 0 Å². The average Bonchev–Trinajstić information content (AvgIpc) is 1.68. The zero-order valence-electron chi connectivity index (χ0n) is 56.3. The second kappa shape index (κ2) is 27.5. The molecule has 0 fully saturated rings. The van der Waals surface area contributed by atoms with E-state index in [4.69, 9.17) is 9.97 Å². The van der Waals surface area contributed by atoms with Crippen LogP contribution in [0, 0.1) is 0 Å². The van der Waals surface area contributed by atoms with Crippen LogP contribution in [0.15, 0.2) is 364 Å². The molecule has 15 aromatic rings. The molecule has 0 amide bonds. The molecule has 8 bridgehead atoms. The van der Waals surface area contributed by atoms with Crippen molar-refractivity contribution in [3.63, 3.8) is 0 Å². The molecule has 12 aromatic carbocycles. The van der Waals surface area contributed by atoms with Crippen molar-refractivity contribution in [3.8, 4) is 44.5 Å². The van der Waals surface area contributed by atoms with Gasteiger partial charge < -0.3 is 28.2 Å². The molecule has 5 heterocycles. The Morgan fingerprint density at radius 3 is 0.471 bits per heavy atom. The molecule has 0 unspecified atom stereocenters. The number of nitrogens with one attached hydrogen (secondary N) is 2. The molecule has 2 aliphatic rings. The maximum Gasteiger partial charge on any atom is 0.171 e. The number of nitrogens with zero attached hydrogens (tertiary/aromatic N) is 2. The Labute approximate surface area is 604 Å². The highest BCUT2D eigenvalue weighted by atomic mass is 31.2. The maximum atomic E-state index is 15.9. The Morgan fingerprint density at radius 2 is 0.317 bits per heavy atom. The first-order valence-electron chi connectivity index (χ1n) is 34.5. The monoisotopic (exact) mass is 1410 g/mol. The van der Waals surface area contributed by atoms with E-state index in [1.54, 1.807) is 0 Å². The number of aromatic nitrogens is 4. The molecule has 0 aliphatic carbocycles. The first-order valence-corrected chi connectivity index (χ1v) is 41.3. The summed E-state index contributed by atoms with van der Waals surface area (Å²) >= 11 is 0. The van der Waals surface area contributed by atoms with E-state index in [0.717, 1.165) is 109 Å². The van der Waals surface area contributed by atoms with Crippen LogP contribution >= 0.6 is 28.6 Å². The Hall–Kier alpha value is -11.8. The number of fused-ring (bicyclic) bond motifs is 8. The predicted molar refractivity (Wildman–Crippen MR) is 438 cm³/mol. The first-order chi connectivity index (χ1) is 51.1.